The summed E-state index contributed by atoms with van der Waals surface area (Å²) in [5.74, 6) is -0.624. The molecule has 0 bridgehead atoms. The SMILES string of the molecule is Cc1cc2c(cc1C)[n+](S(=O)(=O)[O-])c1c(=O)[nH]c(=O)nc-1n2C[C@H](O)[C@H](O)[C@H](O)COP(=O)(O)O. The number of aryl methyl sites for hydroxylation is 2. The smallest absolute Gasteiger partial charge is 0.469 e. The molecule has 0 radical (unpaired) electrons. The number of rotatable bonds is 8. The molecule has 1 aromatic rings. The molecule has 0 amide bonds. The topological polar surface area (TPSA) is 256 Å². The van der Waals surface area contributed by atoms with Crippen molar-refractivity contribution in [1.29, 1.82) is 0 Å². The lowest BCUT2D eigenvalue weighted by Gasteiger charge is -2.25. The van der Waals surface area contributed by atoms with Crippen LogP contribution >= 0.6 is 7.82 Å². The minimum Gasteiger partial charge on any atom is -0.693 e. The van der Waals surface area contributed by atoms with Gasteiger partial charge >= 0.3 is 35.1 Å². The summed E-state index contributed by atoms with van der Waals surface area (Å²) in [7, 11) is -10.4. The lowest BCUT2D eigenvalue weighted by molar-refractivity contribution is -0.479. The lowest BCUT2D eigenvalue weighted by Crippen LogP contribution is -2.52. The van der Waals surface area contributed by atoms with Crippen molar-refractivity contribution < 1.29 is 51.1 Å². The van der Waals surface area contributed by atoms with E-state index in [0.29, 0.717) is 11.1 Å². The molecule has 1 aromatic carbocycles. The molecular weight excluding hydrogens is 515 g/mol. The van der Waals surface area contributed by atoms with Gasteiger partial charge in [0.15, 0.2) is 0 Å². The van der Waals surface area contributed by atoms with Crippen LogP contribution in [0.5, 0.6) is 0 Å². The van der Waals surface area contributed by atoms with Crippen LogP contribution in [0.2, 0.25) is 0 Å². The number of hydrogen-bond donors (Lipinski definition) is 6. The van der Waals surface area contributed by atoms with Gasteiger partial charge in [-0.1, -0.05) is 3.97 Å². The third kappa shape index (κ3) is 5.64. The van der Waals surface area contributed by atoms with Crippen molar-refractivity contribution in [3.63, 3.8) is 0 Å². The molecule has 3 atom stereocenters. The summed E-state index contributed by atoms with van der Waals surface area (Å²) in [6.45, 7) is 1.47. The highest BCUT2D eigenvalue weighted by molar-refractivity contribution is 7.79. The second kappa shape index (κ2) is 9.45. The molecule has 18 heteroatoms. The molecule has 0 aromatic heterocycles. The van der Waals surface area contributed by atoms with E-state index in [9.17, 15) is 42.4 Å². The number of aromatic amines is 1. The van der Waals surface area contributed by atoms with Crippen LogP contribution in [0.3, 0.4) is 0 Å². The molecule has 2 heterocycles. The number of aliphatic hydroxyl groups excluding tert-OH is 3. The van der Waals surface area contributed by atoms with Gasteiger partial charge in [0.25, 0.3) is 0 Å². The number of aliphatic hydroxyl groups is 3. The van der Waals surface area contributed by atoms with E-state index in [4.69, 9.17) is 9.79 Å². The van der Waals surface area contributed by atoms with Crippen LogP contribution in [-0.4, -0.2) is 77.5 Å². The molecule has 0 spiro atoms. The number of phosphoric ester groups is 1. The number of nitrogens with one attached hydrogen (secondary N) is 1. The molecule has 0 aliphatic carbocycles. The van der Waals surface area contributed by atoms with E-state index in [2.05, 4.69) is 9.51 Å². The van der Waals surface area contributed by atoms with E-state index in [1.807, 2.05) is 0 Å². The van der Waals surface area contributed by atoms with E-state index in [1.165, 1.54) is 12.1 Å². The van der Waals surface area contributed by atoms with Crippen molar-refractivity contribution >= 4 is 29.2 Å². The number of phosphoric acid groups is 1. The van der Waals surface area contributed by atoms with Crippen LogP contribution < -0.4 is 15.2 Å². The van der Waals surface area contributed by atoms with Crippen molar-refractivity contribution in [2.75, 3.05) is 6.61 Å². The molecule has 0 saturated carbocycles. The molecule has 192 valence electrons. The maximum Gasteiger partial charge on any atom is 0.469 e. The average Bonchev–Trinajstić information content (AvgIpc) is 2.71. The highest BCUT2D eigenvalue weighted by Gasteiger charge is 2.36. The summed E-state index contributed by atoms with van der Waals surface area (Å²) in [6.07, 6.45) is -5.96. The van der Waals surface area contributed by atoms with Crippen LogP contribution in [-0.2, 0) is 25.9 Å². The zero-order chi connectivity index (χ0) is 26.5. The summed E-state index contributed by atoms with van der Waals surface area (Å²) in [5.41, 5.74) is -2.56. The second-order valence-corrected chi connectivity index (χ2v) is 10.2. The number of H-pyrrole nitrogens is 1. The highest BCUT2D eigenvalue weighted by atomic mass is 32.2. The first-order chi connectivity index (χ1) is 16.0. The fraction of sp³-hybridized carbons (Fsp3) is 0.412. The van der Waals surface area contributed by atoms with Crippen molar-refractivity contribution in [3.8, 4) is 11.5 Å². The molecule has 3 rings (SSSR count). The van der Waals surface area contributed by atoms with Crippen LogP contribution in [0.4, 0.5) is 0 Å². The third-order valence-corrected chi connectivity index (χ3v) is 6.52. The Morgan fingerprint density at radius 1 is 1.17 bits per heavy atom. The monoisotopic (exact) mass is 536 g/mol. The fourth-order valence-corrected chi connectivity index (χ4v) is 4.57. The Kier molecular flexibility index (Phi) is 7.29. The van der Waals surface area contributed by atoms with Crippen molar-refractivity contribution in [2.24, 2.45) is 0 Å². The molecule has 16 nitrogen and oxygen atoms in total. The molecule has 2 aliphatic rings. The molecule has 0 fully saturated rings. The van der Waals surface area contributed by atoms with Crippen LogP contribution in [0.25, 0.3) is 22.6 Å². The fourth-order valence-electron chi connectivity index (χ4n) is 3.45. The third-order valence-electron chi connectivity index (χ3n) is 5.21. The van der Waals surface area contributed by atoms with Gasteiger partial charge in [-0.3, -0.25) is 14.3 Å². The predicted octanol–water partition coefficient (Wildman–Crippen LogP) is -3.41. The average molecular weight is 536 g/mol. The van der Waals surface area contributed by atoms with Gasteiger partial charge in [0, 0.05) is 6.07 Å². The summed E-state index contributed by atoms with van der Waals surface area (Å²) < 4.78 is 52.4. The molecule has 0 unspecified atom stereocenters. The van der Waals surface area contributed by atoms with Gasteiger partial charge in [0.1, 0.15) is 23.8 Å². The van der Waals surface area contributed by atoms with E-state index in [0.717, 1.165) is 4.57 Å². The number of nitrogens with zero attached hydrogens (tertiary/aromatic N) is 3. The van der Waals surface area contributed by atoms with Gasteiger partial charge in [-0.15, -0.1) is 0 Å². The molecule has 0 saturated heterocycles. The summed E-state index contributed by atoms with van der Waals surface area (Å²) in [6, 6.07) is 2.68. The Balaban J connectivity index is 2.27. The lowest BCUT2D eigenvalue weighted by atomic mass is 10.1. The zero-order valence-corrected chi connectivity index (χ0v) is 19.8. The first kappa shape index (κ1) is 27.0. The van der Waals surface area contributed by atoms with Crippen molar-refractivity contribution in [2.45, 2.75) is 38.7 Å². The molecule has 6 N–H and O–H groups in total. The van der Waals surface area contributed by atoms with Crippen molar-refractivity contribution in [1.82, 2.24) is 14.5 Å². The Morgan fingerprint density at radius 2 is 1.77 bits per heavy atom. The van der Waals surface area contributed by atoms with E-state index >= 15 is 0 Å². The Labute approximate surface area is 196 Å². The van der Waals surface area contributed by atoms with Gasteiger partial charge in [-0.25, -0.2) is 9.36 Å². The van der Waals surface area contributed by atoms with Crippen LogP contribution in [0.15, 0.2) is 21.7 Å². The first-order valence-electron chi connectivity index (χ1n) is 9.71. The molecule has 35 heavy (non-hydrogen) atoms. The first-order valence-corrected chi connectivity index (χ1v) is 12.6. The van der Waals surface area contributed by atoms with E-state index < -0.39 is 72.4 Å². The summed E-state index contributed by atoms with van der Waals surface area (Å²) in [5, 5.41) is 30.7. The van der Waals surface area contributed by atoms with Gasteiger partial charge in [-0.05, 0) is 31.0 Å². The Hall–Kier alpha value is -2.60. The van der Waals surface area contributed by atoms with Gasteiger partial charge in [0.2, 0.25) is 11.3 Å². The zero-order valence-electron chi connectivity index (χ0n) is 18.1. The molecule has 2 aliphatic heterocycles. The number of fused-ring (bicyclic) bond motifs is 2. The second-order valence-electron chi connectivity index (χ2n) is 7.71. The minimum atomic E-state index is -5.37. The highest BCUT2D eigenvalue weighted by Crippen LogP contribution is 2.36. The quantitative estimate of drug-likeness (QED) is 0.0711. The summed E-state index contributed by atoms with van der Waals surface area (Å²) >= 11 is 0. The maximum atomic E-state index is 12.5. The number of benzene rings is 1. The largest absolute Gasteiger partial charge is 0.693 e. The van der Waals surface area contributed by atoms with Crippen LogP contribution in [0, 0.1) is 13.8 Å². The normalized spacial score (nSPS) is 15.4. The minimum absolute atomic E-state index is 0.0790. The van der Waals surface area contributed by atoms with E-state index in [-0.39, 0.29) is 15.0 Å². The Bertz CT molecular complexity index is 1530. The molecular formula is C17H21N4O12PS. The number of aromatic nitrogens is 4. The van der Waals surface area contributed by atoms with Gasteiger partial charge in [-0.2, -0.15) is 13.4 Å². The van der Waals surface area contributed by atoms with Gasteiger partial charge in [0.05, 0.1) is 13.2 Å². The predicted molar refractivity (Wildman–Crippen MR) is 114 cm³/mol. The van der Waals surface area contributed by atoms with Crippen LogP contribution in [0.1, 0.15) is 11.1 Å². The summed E-state index contributed by atoms with van der Waals surface area (Å²) in [4.78, 5) is 47.3. The Morgan fingerprint density at radius 3 is 2.34 bits per heavy atom. The van der Waals surface area contributed by atoms with E-state index in [1.54, 1.807) is 18.8 Å². The van der Waals surface area contributed by atoms with Gasteiger partial charge < -0.3 is 34.2 Å². The maximum absolute atomic E-state index is 12.5. The van der Waals surface area contributed by atoms with Crippen molar-refractivity contribution in [3.05, 3.63) is 44.1 Å². The standard InChI is InChI=1S/C17H21N4O12PS/c1-7-3-9-10(4-8(7)2)21(35(30,31)32)13-15(18-17(26)19-16(13)25)20(9)5-11(22)14(24)12(23)6-33-34(27,28)29/h3-4,11-12,14,22-24H,5-6H2,1-2H3,(H3-,19,25,26,27,28,29,30,31,32)/t11-,12+,14-/m0/s1. The number of hydrogen-bond acceptors (Lipinski definition) is 11.